The molecule has 0 saturated carbocycles. The Morgan fingerprint density at radius 1 is 1.29 bits per heavy atom. The predicted octanol–water partition coefficient (Wildman–Crippen LogP) is 1.85. The van der Waals surface area contributed by atoms with E-state index in [0.717, 1.165) is 5.56 Å². The smallest absolute Gasteiger partial charge is 0.148 e. The van der Waals surface area contributed by atoms with Gasteiger partial charge in [0.15, 0.2) is 0 Å². The zero-order valence-electron chi connectivity index (χ0n) is 7.50. The van der Waals surface area contributed by atoms with Crippen molar-refractivity contribution >= 4 is 18.2 Å². The fourth-order valence-corrected chi connectivity index (χ4v) is 1.54. The van der Waals surface area contributed by atoms with Gasteiger partial charge in [-0.15, -0.1) is 12.4 Å². The maximum atomic E-state index is 12.6. The molecule has 2 rings (SSSR count). The Hall–Kier alpha value is -0.930. The Kier molecular flexibility index (Phi) is 3.61. The Labute approximate surface area is 87.9 Å². The summed E-state index contributed by atoms with van der Waals surface area (Å²) in [6.45, 7) is 0.433. The molecule has 1 aliphatic heterocycles. The highest BCUT2D eigenvalue weighted by molar-refractivity contribution is 5.85. The van der Waals surface area contributed by atoms with Gasteiger partial charge in [-0.25, -0.2) is 4.39 Å². The second-order valence-corrected chi connectivity index (χ2v) is 3.23. The van der Waals surface area contributed by atoms with E-state index in [-0.39, 0.29) is 30.0 Å². The lowest BCUT2D eigenvalue weighted by Gasteiger charge is -2.08. The molecule has 1 saturated heterocycles. The summed E-state index contributed by atoms with van der Waals surface area (Å²) < 4.78 is 12.6. The average molecular weight is 216 g/mol. The van der Waals surface area contributed by atoms with E-state index in [1.165, 1.54) is 12.1 Å². The van der Waals surface area contributed by atoms with Crippen molar-refractivity contribution in [2.75, 3.05) is 6.54 Å². The Morgan fingerprint density at radius 3 is 2.43 bits per heavy atom. The van der Waals surface area contributed by atoms with E-state index in [2.05, 4.69) is 5.32 Å². The number of rotatable bonds is 1. The summed E-state index contributed by atoms with van der Waals surface area (Å²) in [5.41, 5.74) is 0.979. The van der Waals surface area contributed by atoms with Crippen molar-refractivity contribution in [3.63, 3.8) is 0 Å². The van der Waals surface area contributed by atoms with Crippen LogP contribution >= 0.6 is 12.4 Å². The number of hydrogen-bond donors (Lipinski definition) is 1. The predicted molar refractivity (Wildman–Crippen MR) is 54.0 cm³/mol. The van der Waals surface area contributed by atoms with E-state index in [1.807, 2.05) is 0 Å². The normalized spacial score (nSPS) is 20.6. The van der Waals surface area contributed by atoms with E-state index in [0.29, 0.717) is 13.0 Å². The van der Waals surface area contributed by atoms with Crippen LogP contribution in [0.15, 0.2) is 24.3 Å². The molecule has 2 nitrogen and oxygen atoms in total. The first kappa shape index (κ1) is 11.1. The summed E-state index contributed by atoms with van der Waals surface area (Å²) in [5, 5.41) is 3.07. The van der Waals surface area contributed by atoms with Crippen molar-refractivity contribution in [2.24, 2.45) is 0 Å². The number of ketones is 1. The molecule has 0 aromatic heterocycles. The third kappa shape index (κ3) is 2.30. The fourth-order valence-electron chi connectivity index (χ4n) is 1.54. The highest BCUT2D eigenvalue weighted by Gasteiger charge is 2.22. The topological polar surface area (TPSA) is 29.1 Å². The van der Waals surface area contributed by atoms with Crippen molar-refractivity contribution in [1.29, 1.82) is 0 Å². The van der Waals surface area contributed by atoms with Crippen molar-refractivity contribution in [3.05, 3.63) is 35.6 Å². The molecule has 76 valence electrons. The van der Waals surface area contributed by atoms with Gasteiger partial charge in [0, 0.05) is 12.5 Å². The molecule has 1 heterocycles. The molecule has 0 spiro atoms. The molecular weight excluding hydrogens is 205 g/mol. The first-order valence-electron chi connectivity index (χ1n) is 4.26. The lowest BCUT2D eigenvalue weighted by molar-refractivity contribution is -0.116. The van der Waals surface area contributed by atoms with Crippen LogP contribution in [0.1, 0.15) is 18.0 Å². The summed E-state index contributed by atoms with van der Waals surface area (Å²) in [5.74, 6) is -0.0256. The molecule has 1 aromatic rings. The van der Waals surface area contributed by atoms with E-state index in [4.69, 9.17) is 0 Å². The van der Waals surface area contributed by atoms with Gasteiger partial charge in [-0.05, 0) is 17.7 Å². The van der Waals surface area contributed by atoms with Gasteiger partial charge in [0.25, 0.3) is 0 Å². The number of nitrogens with one attached hydrogen (secondary N) is 1. The highest BCUT2D eigenvalue weighted by Crippen LogP contribution is 2.20. The molecule has 1 aromatic carbocycles. The van der Waals surface area contributed by atoms with E-state index in [1.54, 1.807) is 12.1 Å². The summed E-state index contributed by atoms with van der Waals surface area (Å²) in [6, 6.07) is 6.34. The molecule has 1 unspecified atom stereocenters. The van der Waals surface area contributed by atoms with Gasteiger partial charge in [0.2, 0.25) is 0 Å². The summed E-state index contributed by atoms with van der Waals surface area (Å²) in [4.78, 5) is 11.0. The number of Topliss-reactive ketones (excluding diaryl/α,β-unsaturated/α-hetero) is 1. The van der Waals surface area contributed by atoms with E-state index >= 15 is 0 Å². The Balaban J connectivity index is 0.000000980. The van der Waals surface area contributed by atoms with Crippen LogP contribution in [0.5, 0.6) is 0 Å². The van der Waals surface area contributed by atoms with Crippen LogP contribution in [0.25, 0.3) is 0 Å². The van der Waals surface area contributed by atoms with Crippen LogP contribution in [-0.2, 0) is 4.79 Å². The van der Waals surface area contributed by atoms with Crippen molar-refractivity contribution < 1.29 is 9.18 Å². The third-order valence-electron chi connectivity index (χ3n) is 2.25. The highest BCUT2D eigenvalue weighted by atomic mass is 35.5. The largest absolute Gasteiger partial charge is 0.303 e. The molecule has 1 aliphatic rings. The molecule has 1 fully saturated rings. The maximum Gasteiger partial charge on any atom is 0.148 e. The van der Waals surface area contributed by atoms with Gasteiger partial charge >= 0.3 is 0 Å². The molecule has 0 radical (unpaired) electrons. The van der Waals surface area contributed by atoms with Gasteiger partial charge in [-0.1, -0.05) is 12.1 Å². The minimum Gasteiger partial charge on any atom is -0.303 e. The van der Waals surface area contributed by atoms with Crippen LogP contribution in [0.3, 0.4) is 0 Å². The standard InChI is InChI=1S/C10H10FNO.ClH/c11-8-3-1-7(2-4-8)10-5-9(13)6-12-10;/h1-4,10,12H,5-6H2;1H. The Morgan fingerprint density at radius 2 is 1.93 bits per heavy atom. The van der Waals surface area contributed by atoms with Gasteiger partial charge in [0.1, 0.15) is 11.6 Å². The number of halogens is 2. The van der Waals surface area contributed by atoms with Crippen LogP contribution in [-0.4, -0.2) is 12.3 Å². The summed E-state index contributed by atoms with van der Waals surface area (Å²) >= 11 is 0. The van der Waals surface area contributed by atoms with E-state index < -0.39 is 0 Å². The molecule has 1 N–H and O–H groups in total. The lowest BCUT2D eigenvalue weighted by atomic mass is 10.1. The molecule has 0 aliphatic carbocycles. The summed E-state index contributed by atoms with van der Waals surface area (Å²) in [6.07, 6.45) is 0.519. The van der Waals surface area contributed by atoms with Crippen LogP contribution < -0.4 is 5.32 Å². The number of carbonyl (C=O) groups excluding carboxylic acids is 1. The SMILES string of the molecule is Cl.O=C1CNC(c2ccc(F)cc2)C1. The number of carbonyl (C=O) groups is 1. The second-order valence-electron chi connectivity index (χ2n) is 3.23. The average Bonchev–Trinajstić information content (AvgIpc) is 2.53. The number of benzene rings is 1. The zero-order valence-corrected chi connectivity index (χ0v) is 8.31. The van der Waals surface area contributed by atoms with Gasteiger partial charge in [-0.3, -0.25) is 4.79 Å². The van der Waals surface area contributed by atoms with Crippen molar-refractivity contribution in [2.45, 2.75) is 12.5 Å². The minimum absolute atomic E-state index is 0. The minimum atomic E-state index is -0.243. The van der Waals surface area contributed by atoms with E-state index in [9.17, 15) is 9.18 Å². The fraction of sp³-hybridized carbons (Fsp3) is 0.300. The Bertz CT molecular complexity index is 325. The molecule has 0 amide bonds. The first-order chi connectivity index (χ1) is 6.25. The number of hydrogen-bond acceptors (Lipinski definition) is 2. The van der Waals surface area contributed by atoms with Crippen LogP contribution in [0.4, 0.5) is 4.39 Å². The second kappa shape index (κ2) is 4.53. The molecule has 0 bridgehead atoms. The molecule has 4 heteroatoms. The maximum absolute atomic E-state index is 12.6. The molecular formula is C10H11ClFNO. The van der Waals surface area contributed by atoms with Crippen molar-refractivity contribution in [1.82, 2.24) is 5.32 Å². The van der Waals surface area contributed by atoms with Gasteiger partial charge in [0.05, 0.1) is 6.54 Å². The third-order valence-corrected chi connectivity index (χ3v) is 2.25. The quantitative estimate of drug-likeness (QED) is 0.775. The van der Waals surface area contributed by atoms with Crippen LogP contribution in [0.2, 0.25) is 0 Å². The molecule has 1 atom stereocenters. The van der Waals surface area contributed by atoms with Crippen LogP contribution in [0, 0.1) is 5.82 Å². The molecule has 14 heavy (non-hydrogen) atoms. The summed E-state index contributed by atoms with van der Waals surface area (Å²) in [7, 11) is 0. The van der Waals surface area contributed by atoms with Gasteiger partial charge in [-0.2, -0.15) is 0 Å². The first-order valence-corrected chi connectivity index (χ1v) is 4.26. The van der Waals surface area contributed by atoms with Gasteiger partial charge < -0.3 is 5.32 Å². The zero-order chi connectivity index (χ0) is 9.26. The van der Waals surface area contributed by atoms with Crippen molar-refractivity contribution in [3.8, 4) is 0 Å². The monoisotopic (exact) mass is 215 g/mol. The lowest BCUT2D eigenvalue weighted by Crippen LogP contribution is -2.13.